The van der Waals surface area contributed by atoms with Gasteiger partial charge >= 0.3 is 6.03 Å². The summed E-state index contributed by atoms with van der Waals surface area (Å²) in [6.07, 6.45) is 0. The van der Waals surface area contributed by atoms with Gasteiger partial charge in [-0.1, -0.05) is 6.66 Å². The molecule has 1 fully saturated rings. The molecule has 0 aromatic rings. The van der Waals surface area contributed by atoms with E-state index in [0.29, 0.717) is 0 Å². The van der Waals surface area contributed by atoms with Gasteiger partial charge in [-0.3, -0.25) is 10.1 Å². The number of carbonyl (C=O) groups is 2. The summed E-state index contributed by atoms with van der Waals surface area (Å²) in [7, 11) is 2.42. The molecule has 1 heterocycles. The average molecular weight is 176 g/mol. The van der Waals surface area contributed by atoms with Crippen molar-refractivity contribution in [2.45, 2.75) is 19.4 Å². The Morgan fingerprint density at radius 1 is 1.27 bits per heavy atom. The van der Waals surface area contributed by atoms with E-state index in [1.54, 1.807) is 13.8 Å². The highest BCUT2D eigenvalue weighted by Gasteiger charge is 2.36. The van der Waals surface area contributed by atoms with E-state index < -0.39 is 11.6 Å². The Labute approximate surface area is 68.3 Å². The summed E-state index contributed by atoms with van der Waals surface area (Å²) in [5.74, 6) is -0.271. The van der Waals surface area contributed by atoms with Crippen LogP contribution in [0, 0.1) is 0 Å². The van der Waals surface area contributed by atoms with Crippen LogP contribution in [0.4, 0.5) is 4.79 Å². The van der Waals surface area contributed by atoms with E-state index in [4.69, 9.17) is 0 Å². The third-order valence-electron chi connectivity index (χ3n) is 1.22. The van der Waals surface area contributed by atoms with Crippen LogP contribution < -0.4 is 10.6 Å². The molecular formula is C6H13N2O2P. The predicted octanol–water partition coefficient (Wildman–Crippen LogP) is 0.0957. The fraction of sp³-hybridized carbons (Fsp3) is 0.667. The van der Waals surface area contributed by atoms with Crippen LogP contribution in [-0.2, 0) is 4.79 Å². The Kier molecular flexibility index (Phi) is 3.46. The molecule has 0 aliphatic carbocycles. The molecule has 1 rings (SSSR count). The first-order valence-electron chi connectivity index (χ1n) is 3.24. The largest absolute Gasteiger partial charge is 0.324 e. The van der Waals surface area contributed by atoms with Crippen LogP contribution in [-0.4, -0.2) is 24.1 Å². The smallest absolute Gasteiger partial charge is 0.322 e. The van der Waals surface area contributed by atoms with Crippen LogP contribution in [0.1, 0.15) is 13.8 Å². The van der Waals surface area contributed by atoms with Gasteiger partial charge in [-0.2, -0.15) is 0 Å². The van der Waals surface area contributed by atoms with Crippen molar-refractivity contribution in [1.82, 2.24) is 10.6 Å². The Balaban J connectivity index is 0.000000461. The molecule has 1 aliphatic rings. The molecule has 1 aliphatic heterocycles. The van der Waals surface area contributed by atoms with E-state index in [1.807, 2.05) is 6.66 Å². The number of urea groups is 1. The number of hydrogen-bond donors (Lipinski definition) is 2. The second-order valence-electron chi connectivity index (χ2n) is 2.53. The predicted molar refractivity (Wildman–Crippen MR) is 46.4 cm³/mol. The fourth-order valence-corrected chi connectivity index (χ4v) is 0.631. The zero-order valence-electron chi connectivity index (χ0n) is 6.89. The first-order valence-corrected chi connectivity index (χ1v) is 4.39. The van der Waals surface area contributed by atoms with Gasteiger partial charge < -0.3 is 5.32 Å². The van der Waals surface area contributed by atoms with Crippen molar-refractivity contribution in [2.24, 2.45) is 0 Å². The minimum atomic E-state index is -0.725. The van der Waals surface area contributed by atoms with Gasteiger partial charge in [-0.25, -0.2) is 4.79 Å². The van der Waals surface area contributed by atoms with Gasteiger partial charge in [0.2, 0.25) is 0 Å². The Bertz CT molecular complexity index is 179. The lowest BCUT2D eigenvalue weighted by atomic mass is 10.1. The molecule has 11 heavy (non-hydrogen) atoms. The van der Waals surface area contributed by atoms with E-state index >= 15 is 0 Å². The summed E-state index contributed by atoms with van der Waals surface area (Å²) in [5.41, 5.74) is -0.725. The maximum atomic E-state index is 10.7. The standard InChI is InChI=1S/C5H8N2O2.CH5P/c1-5(2)3(8)6-4(9)7-5;1-2/h1-2H3,(H2,6,7,8,9);2H2,1H3. The molecule has 1 unspecified atom stereocenters. The Morgan fingerprint density at radius 2 is 1.73 bits per heavy atom. The summed E-state index contributed by atoms with van der Waals surface area (Å²) < 4.78 is 0. The highest BCUT2D eigenvalue weighted by atomic mass is 31.0. The molecule has 3 amide bonds. The van der Waals surface area contributed by atoms with Gasteiger partial charge in [-0.15, -0.1) is 9.24 Å². The van der Waals surface area contributed by atoms with Crippen LogP contribution in [0.25, 0.3) is 0 Å². The Morgan fingerprint density at radius 3 is 1.82 bits per heavy atom. The summed E-state index contributed by atoms with van der Waals surface area (Å²) in [6, 6.07) is -0.412. The molecule has 0 radical (unpaired) electrons. The lowest BCUT2D eigenvalue weighted by molar-refractivity contribution is -0.122. The molecule has 4 nitrogen and oxygen atoms in total. The lowest BCUT2D eigenvalue weighted by Gasteiger charge is -2.11. The zero-order chi connectivity index (χ0) is 9.07. The van der Waals surface area contributed by atoms with Gasteiger partial charge in [0.15, 0.2) is 0 Å². The molecule has 0 bridgehead atoms. The van der Waals surface area contributed by atoms with Crippen molar-refractivity contribution in [3.8, 4) is 0 Å². The fourth-order valence-electron chi connectivity index (χ4n) is 0.631. The van der Waals surface area contributed by atoms with E-state index in [9.17, 15) is 9.59 Å². The summed E-state index contributed by atoms with van der Waals surface area (Å²) in [6.45, 7) is 5.21. The van der Waals surface area contributed by atoms with E-state index in [2.05, 4.69) is 19.9 Å². The van der Waals surface area contributed by atoms with Crippen LogP contribution in [0.3, 0.4) is 0 Å². The highest BCUT2D eigenvalue weighted by Crippen LogP contribution is 2.05. The Hall–Kier alpha value is -0.630. The van der Waals surface area contributed by atoms with Crippen molar-refractivity contribution in [2.75, 3.05) is 6.66 Å². The molecule has 0 spiro atoms. The molecule has 0 saturated carbocycles. The first kappa shape index (κ1) is 10.4. The molecular weight excluding hydrogens is 163 g/mol. The van der Waals surface area contributed by atoms with Crippen molar-refractivity contribution in [1.29, 1.82) is 0 Å². The monoisotopic (exact) mass is 176 g/mol. The van der Waals surface area contributed by atoms with Crippen LogP contribution in [0.15, 0.2) is 0 Å². The number of carbonyl (C=O) groups excluding carboxylic acids is 2. The summed E-state index contributed by atoms with van der Waals surface area (Å²) >= 11 is 0. The quantitative estimate of drug-likeness (QED) is 0.406. The molecule has 0 aromatic carbocycles. The summed E-state index contributed by atoms with van der Waals surface area (Å²) in [4.78, 5) is 21.1. The normalized spacial score (nSPS) is 19.6. The number of rotatable bonds is 0. The van der Waals surface area contributed by atoms with Crippen molar-refractivity contribution in [3.63, 3.8) is 0 Å². The maximum absolute atomic E-state index is 10.7. The maximum Gasteiger partial charge on any atom is 0.322 e. The number of nitrogens with one attached hydrogen (secondary N) is 2. The van der Waals surface area contributed by atoms with Crippen molar-refractivity contribution in [3.05, 3.63) is 0 Å². The van der Waals surface area contributed by atoms with Crippen molar-refractivity contribution >= 4 is 21.2 Å². The summed E-state index contributed by atoms with van der Waals surface area (Å²) in [5, 5.41) is 4.56. The first-order chi connectivity index (χ1) is 5.02. The van der Waals surface area contributed by atoms with E-state index in [-0.39, 0.29) is 5.91 Å². The highest BCUT2D eigenvalue weighted by molar-refractivity contribution is 7.15. The molecule has 1 atom stereocenters. The lowest BCUT2D eigenvalue weighted by Crippen LogP contribution is -2.39. The van der Waals surface area contributed by atoms with Gasteiger partial charge in [0.25, 0.3) is 5.91 Å². The van der Waals surface area contributed by atoms with E-state index in [0.717, 1.165) is 0 Å². The minimum Gasteiger partial charge on any atom is -0.324 e. The average Bonchev–Trinajstić information content (AvgIpc) is 2.10. The van der Waals surface area contributed by atoms with Crippen LogP contribution in [0.5, 0.6) is 0 Å². The second-order valence-corrected chi connectivity index (χ2v) is 2.53. The van der Waals surface area contributed by atoms with Gasteiger partial charge in [0.1, 0.15) is 5.54 Å². The molecule has 64 valence electrons. The van der Waals surface area contributed by atoms with E-state index in [1.165, 1.54) is 0 Å². The van der Waals surface area contributed by atoms with Gasteiger partial charge in [0, 0.05) is 0 Å². The van der Waals surface area contributed by atoms with Crippen LogP contribution >= 0.6 is 9.24 Å². The van der Waals surface area contributed by atoms with Crippen molar-refractivity contribution < 1.29 is 9.59 Å². The second kappa shape index (κ2) is 3.67. The third-order valence-corrected chi connectivity index (χ3v) is 1.22. The number of imide groups is 1. The molecule has 2 N–H and O–H groups in total. The van der Waals surface area contributed by atoms with Crippen LogP contribution in [0.2, 0.25) is 0 Å². The molecule has 5 heteroatoms. The number of hydrogen-bond acceptors (Lipinski definition) is 2. The topological polar surface area (TPSA) is 58.2 Å². The molecule has 0 aromatic heterocycles. The third kappa shape index (κ3) is 2.46. The van der Waals surface area contributed by atoms with Gasteiger partial charge in [0.05, 0.1) is 0 Å². The number of amides is 3. The molecule has 1 saturated heterocycles. The minimum absolute atomic E-state index is 0.271. The van der Waals surface area contributed by atoms with Gasteiger partial charge in [-0.05, 0) is 13.8 Å². The zero-order valence-corrected chi connectivity index (χ0v) is 8.05. The SMILES string of the molecule is CC1(C)NC(=O)NC1=O.CP.